The number of aryl methyl sites for hydroxylation is 1. The van der Waals surface area contributed by atoms with Crippen molar-refractivity contribution in [1.82, 2.24) is 14.5 Å². The number of nitrogens with one attached hydrogen (secondary N) is 1. The topological polar surface area (TPSA) is 92.1 Å². The highest BCUT2D eigenvalue weighted by Gasteiger charge is 2.31. The van der Waals surface area contributed by atoms with Gasteiger partial charge < -0.3 is 14.5 Å². The minimum atomic E-state index is -3.64. The summed E-state index contributed by atoms with van der Waals surface area (Å²) >= 11 is 0. The average Bonchev–Trinajstić information content (AvgIpc) is 3.26. The second-order valence-electron chi connectivity index (χ2n) is 8.81. The van der Waals surface area contributed by atoms with E-state index in [0.717, 1.165) is 43.9 Å². The van der Waals surface area contributed by atoms with Crippen LogP contribution in [-0.4, -0.2) is 69.0 Å². The second kappa shape index (κ2) is 10.4. The third kappa shape index (κ3) is 5.48. The van der Waals surface area contributed by atoms with Gasteiger partial charge in [-0.05, 0) is 57.0 Å². The van der Waals surface area contributed by atoms with Gasteiger partial charge in [0.25, 0.3) is 5.91 Å². The Hall–Kier alpha value is -2.20. The van der Waals surface area contributed by atoms with Crippen LogP contribution in [0.25, 0.3) is 0 Å². The van der Waals surface area contributed by atoms with E-state index in [0.29, 0.717) is 31.9 Å². The molecule has 0 radical (unpaired) electrons. The molecule has 2 aromatic rings. The maximum Gasteiger partial charge on any atom is 0.251 e. The minimum Gasteiger partial charge on any atom is -0.465 e. The number of hydrogen-bond acceptors (Lipinski definition) is 6. The van der Waals surface area contributed by atoms with Crippen molar-refractivity contribution in [3.8, 4) is 0 Å². The van der Waals surface area contributed by atoms with Gasteiger partial charge >= 0.3 is 0 Å². The molecule has 1 aromatic heterocycles. The molecule has 2 fully saturated rings. The fraction of sp³-hybridized carbons (Fsp3) is 0.542. The van der Waals surface area contributed by atoms with Crippen molar-refractivity contribution in [2.75, 3.05) is 39.4 Å². The van der Waals surface area contributed by atoms with Gasteiger partial charge in [0, 0.05) is 37.8 Å². The van der Waals surface area contributed by atoms with Crippen LogP contribution < -0.4 is 5.32 Å². The van der Waals surface area contributed by atoms with E-state index in [2.05, 4.69) is 10.2 Å². The summed E-state index contributed by atoms with van der Waals surface area (Å²) in [4.78, 5) is 15.4. The number of amides is 1. The number of morpholine rings is 1. The molecule has 33 heavy (non-hydrogen) atoms. The first kappa shape index (κ1) is 23.9. The predicted octanol–water partition coefficient (Wildman–Crippen LogP) is 2.95. The monoisotopic (exact) mass is 475 g/mol. The molecule has 3 heterocycles. The number of benzene rings is 1. The minimum absolute atomic E-state index is 0.0349. The molecule has 9 heteroatoms. The van der Waals surface area contributed by atoms with E-state index in [1.54, 1.807) is 22.5 Å². The number of nitrogens with zero attached hydrogens (tertiary/aromatic N) is 2. The van der Waals surface area contributed by atoms with Crippen LogP contribution >= 0.6 is 0 Å². The summed E-state index contributed by atoms with van der Waals surface area (Å²) in [7, 11) is -3.64. The maximum absolute atomic E-state index is 13.2. The van der Waals surface area contributed by atoms with Crippen LogP contribution in [0.3, 0.4) is 0 Å². The zero-order valence-electron chi connectivity index (χ0n) is 19.3. The predicted molar refractivity (Wildman–Crippen MR) is 125 cm³/mol. The van der Waals surface area contributed by atoms with Crippen molar-refractivity contribution in [2.24, 2.45) is 0 Å². The average molecular weight is 476 g/mol. The quantitative estimate of drug-likeness (QED) is 0.662. The standard InChI is InChI=1S/C24H33N3O5S/c1-18-6-3-4-11-27(18)33(29,30)21-8-5-7-20(16-21)24(28)25-17-22(23-10-9-19(2)32-23)26-12-14-31-15-13-26/h5,7-10,16,18,22H,3-4,6,11-15,17H2,1-2H3,(H,25,28). The third-order valence-corrected chi connectivity index (χ3v) is 8.49. The van der Waals surface area contributed by atoms with E-state index in [1.807, 2.05) is 26.0 Å². The summed E-state index contributed by atoms with van der Waals surface area (Å²) in [6.45, 7) is 7.49. The van der Waals surface area contributed by atoms with E-state index >= 15 is 0 Å². The van der Waals surface area contributed by atoms with Crippen molar-refractivity contribution in [3.63, 3.8) is 0 Å². The largest absolute Gasteiger partial charge is 0.465 e. The molecule has 1 N–H and O–H groups in total. The van der Waals surface area contributed by atoms with E-state index in [1.165, 1.54) is 6.07 Å². The first-order valence-corrected chi connectivity index (χ1v) is 13.1. The number of rotatable bonds is 7. The summed E-state index contributed by atoms with van der Waals surface area (Å²) in [5.74, 6) is 1.31. The van der Waals surface area contributed by atoms with E-state index in [-0.39, 0.29) is 22.9 Å². The zero-order valence-corrected chi connectivity index (χ0v) is 20.1. The Kier molecular flexibility index (Phi) is 7.53. The molecule has 1 amide bonds. The Morgan fingerprint density at radius 2 is 1.94 bits per heavy atom. The molecule has 0 bridgehead atoms. The fourth-order valence-corrected chi connectivity index (χ4v) is 6.33. The number of furan rings is 1. The molecule has 1 aromatic carbocycles. The summed E-state index contributed by atoms with van der Waals surface area (Å²) < 4.78 is 39.3. The number of hydrogen-bond donors (Lipinski definition) is 1. The smallest absolute Gasteiger partial charge is 0.251 e. The molecule has 2 aliphatic rings. The molecule has 0 saturated carbocycles. The van der Waals surface area contributed by atoms with Gasteiger partial charge in [-0.1, -0.05) is 12.5 Å². The van der Waals surface area contributed by atoms with E-state index < -0.39 is 10.0 Å². The van der Waals surface area contributed by atoms with Crippen LogP contribution in [0.4, 0.5) is 0 Å². The lowest BCUT2D eigenvalue weighted by atomic mass is 10.1. The number of carbonyl (C=O) groups excluding carboxylic acids is 1. The van der Waals surface area contributed by atoms with Gasteiger partial charge in [-0.25, -0.2) is 8.42 Å². The highest BCUT2D eigenvalue weighted by atomic mass is 32.2. The van der Waals surface area contributed by atoms with Crippen LogP contribution in [0.15, 0.2) is 45.7 Å². The summed E-state index contributed by atoms with van der Waals surface area (Å²) in [5, 5.41) is 2.98. The van der Waals surface area contributed by atoms with Gasteiger partial charge in [0.05, 0.1) is 24.2 Å². The lowest BCUT2D eigenvalue weighted by Gasteiger charge is -2.33. The van der Waals surface area contributed by atoms with Crippen LogP contribution in [0.1, 0.15) is 54.1 Å². The van der Waals surface area contributed by atoms with Crippen LogP contribution in [0.5, 0.6) is 0 Å². The molecule has 0 spiro atoms. The number of sulfonamides is 1. The summed E-state index contributed by atoms with van der Waals surface area (Å²) in [5.41, 5.74) is 0.331. The molecule has 2 aliphatic heterocycles. The van der Waals surface area contributed by atoms with Crippen molar-refractivity contribution < 1.29 is 22.4 Å². The Bertz CT molecular complexity index is 1060. The molecular formula is C24H33N3O5S. The van der Waals surface area contributed by atoms with Crippen LogP contribution in [0, 0.1) is 6.92 Å². The molecule has 8 nitrogen and oxygen atoms in total. The van der Waals surface area contributed by atoms with Gasteiger partial charge in [0.15, 0.2) is 0 Å². The molecule has 4 rings (SSSR count). The Morgan fingerprint density at radius 1 is 1.15 bits per heavy atom. The number of ether oxygens (including phenoxy) is 1. The maximum atomic E-state index is 13.2. The van der Waals surface area contributed by atoms with E-state index in [9.17, 15) is 13.2 Å². The fourth-order valence-electron chi connectivity index (χ4n) is 4.58. The molecule has 180 valence electrons. The molecule has 0 aliphatic carbocycles. The van der Waals surface area contributed by atoms with Crippen molar-refractivity contribution in [2.45, 2.75) is 50.1 Å². The zero-order chi connectivity index (χ0) is 23.4. The highest BCUT2D eigenvalue weighted by molar-refractivity contribution is 7.89. The van der Waals surface area contributed by atoms with Crippen LogP contribution in [-0.2, 0) is 14.8 Å². The number of piperidine rings is 1. The van der Waals surface area contributed by atoms with E-state index in [4.69, 9.17) is 9.15 Å². The third-order valence-electron chi connectivity index (χ3n) is 6.48. The van der Waals surface area contributed by atoms with Gasteiger partial charge in [-0.3, -0.25) is 9.69 Å². The second-order valence-corrected chi connectivity index (χ2v) is 10.7. The molecular weight excluding hydrogens is 442 g/mol. The van der Waals surface area contributed by atoms with Crippen molar-refractivity contribution >= 4 is 15.9 Å². The lowest BCUT2D eigenvalue weighted by molar-refractivity contribution is 0.0117. The molecule has 2 saturated heterocycles. The first-order valence-electron chi connectivity index (χ1n) is 11.6. The van der Waals surface area contributed by atoms with Crippen molar-refractivity contribution in [3.05, 3.63) is 53.5 Å². The molecule has 2 atom stereocenters. The Balaban J connectivity index is 1.48. The first-order chi connectivity index (χ1) is 15.9. The Morgan fingerprint density at radius 3 is 2.64 bits per heavy atom. The van der Waals surface area contributed by atoms with Crippen LogP contribution in [0.2, 0.25) is 0 Å². The SMILES string of the molecule is Cc1ccc(C(CNC(=O)c2cccc(S(=O)(=O)N3CCCCC3C)c2)N2CCOCC2)o1. The summed E-state index contributed by atoms with van der Waals surface area (Å²) in [6.07, 6.45) is 2.75. The highest BCUT2D eigenvalue weighted by Crippen LogP contribution is 2.26. The number of carbonyl (C=O) groups is 1. The molecule has 2 unspecified atom stereocenters. The lowest BCUT2D eigenvalue weighted by Crippen LogP contribution is -2.43. The van der Waals surface area contributed by atoms with Gasteiger partial charge in [-0.15, -0.1) is 0 Å². The Labute approximate surface area is 195 Å². The van der Waals surface area contributed by atoms with Gasteiger partial charge in [0.2, 0.25) is 10.0 Å². The van der Waals surface area contributed by atoms with Gasteiger partial charge in [-0.2, -0.15) is 4.31 Å². The normalized spacial score (nSPS) is 21.6. The van der Waals surface area contributed by atoms with Gasteiger partial charge in [0.1, 0.15) is 11.5 Å². The summed E-state index contributed by atoms with van der Waals surface area (Å²) in [6, 6.07) is 10.0. The van der Waals surface area contributed by atoms with Crippen molar-refractivity contribution in [1.29, 1.82) is 0 Å².